The van der Waals surface area contributed by atoms with Crippen LogP contribution < -0.4 is 0 Å². The van der Waals surface area contributed by atoms with E-state index in [9.17, 15) is 9.90 Å². The maximum atomic E-state index is 12.8. The van der Waals surface area contributed by atoms with E-state index in [0.717, 1.165) is 43.4 Å². The quantitative estimate of drug-likeness (QED) is 0.842. The minimum Gasteiger partial charge on any atom is -0.391 e. The van der Waals surface area contributed by atoms with Gasteiger partial charge in [0.15, 0.2) is 0 Å². The lowest BCUT2D eigenvalue weighted by molar-refractivity contribution is 0.0644. The smallest absolute Gasteiger partial charge is 0.257 e. The monoisotopic (exact) mass is 305 g/mol. The zero-order valence-corrected chi connectivity index (χ0v) is 13.8. The van der Waals surface area contributed by atoms with Crippen LogP contribution in [-0.4, -0.2) is 45.4 Å². The maximum absolute atomic E-state index is 12.8. The topological polar surface area (TPSA) is 58.4 Å². The van der Waals surface area contributed by atoms with Gasteiger partial charge in [-0.2, -0.15) is 5.10 Å². The molecule has 0 aromatic carbocycles. The lowest BCUT2D eigenvalue weighted by atomic mass is 10.1. The Balaban J connectivity index is 1.77. The van der Waals surface area contributed by atoms with Gasteiger partial charge in [-0.05, 0) is 44.9 Å². The van der Waals surface area contributed by atoms with Gasteiger partial charge in [0.2, 0.25) is 0 Å². The fraction of sp³-hybridized carbons (Fsp3) is 0.765. The summed E-state index contributed by atoms with van der Waals surface area (Å²) in [5, 5.41) is 14.5. The first-order valence-electron chi connectivity index (χ1n) is 8.53. The highest BCUT2D eigenvalue weighted by molar-refractivity contribution is 5.95. The standard InChI is InChI=1S/C17H27N3O2/c1-4-11(2)20-16(13-7-8-13)14(9-18-20)17(22)19(3)10-15(21)12-5-6-12/h9,11-13,15,21H,4-8,10H2,1-3H3. The first-order valence-corrected chi connectivity index (χ1v) is 8.53. The van der Waals surface area contributed by atoms with E-state index in [-0.39, 0.29) is 12.0 Å². The molecular weight excluding hydrogens is 278 g/mol. The summed E-state index contributed by atoms with van der Waals surface area (Å²) in [4.78, 5) is 14.4. The van der Waals surface area contributed by atoms with E-state index >= 15 is 0 Å². The van der Waals surface area contributed by atoms with Crippen molar-refractivity contribution < 1.29 is 9.90 Å². The minimum atomic E-state index is -0.386. The van der Waals surface area contributed by atoms with Gasteiger partial charge in [-0.25, -0.2) is 0 Å². The van der Waals surface area contributed by atoms with E-state index < -0.39 is 0 Å². The molecule has 0 spiro atoms. The van der Waals surface area contributed by atoms with Crippen molar-refractivity contribution in [1.82, 2.24) is 14.7 Å². The summed E-state index contributed by atoms with van der Waals surface area (Å²) in [7, 11) is 1.78. The minimum absolute atomic E-state index is 0.00356. The van der Waals surface area contributed by atoms with Crippen LogP contribution in [0.15, 0.2) is 6.20 Å². The molecule has 0 radical (unpaired) electrons. The van der Waals surface area contributed by atoms with Crippen LogP contribution in [0.25, 0.3) is 0 Å². The molecular formula is C17H27N3O2. The van der Waals surface area contributed by atoms with Gasteiger partial charge in [0, 0.05) is 25.6 Å². The highest BCUT2D eigenvalue weighted by atomic mass is 16.3. The summed E-state index contributed by atoms with van der Waals surface area (Å²) in [6.45, 7) is 4.71. The molecule has 0 bridgehead atoms. The van der Waals surface area contributed by atoms with Crippen LogP contribution in [0.2, 0.25) is 0 Å². The Morgan fingerprint density at radius 1 is 1.45 bits per heavy atom. The third-order valence-corrected chi connectivity index (χ3v) is 5.01. The molecule has 1 heterocycles. The molecule has 0 saturated heterocycles. The van der Waals surface area contributed by atoms with E-state index in [0.29, 0.717) is 24.4 Å². The second kappa shape index (κ2) is 6.03. The van der Waals surface area contributed by atoms with Crippen molar-refractivity contribution in [3.05, 3.63) is 17.5 Å². The Hall–Kier alpha value is -1.36. The Labute approximate surface area is 132 Å². The largest absolute Gasteiger partial charge is 0.391 e. The molecule has 1 N–H and O–H groups in total. The van der Waals surface area contributed by atoms with Gasteiger partial charge in [0.05, 0.1) is 23.6 Å². The van der Waals surface area contributed by atoms with Crippen molar-refractivity contribution in [2.24, 2.45) is 5.92 Å². The molecule has 5 heteroatoms. The van der Waals surface area contributed by atoms with Crippen LogP contribution in [0.4, 0.5) is 0 Å². The van der Waals surface area contributed by atoms with E-state index in [2.05, 4.69) is 18.9 Å². The third-order valence-electron chi connectivity index (χ3n) is 5.01. The SMILES string of the molecule is CCC(C)n1ncc(C(=O)N(C)CC(O)C2CC2)c1C1CC1. The zero-order chi connectivity index (χ0) is 15.9. The summed E-state index contributed by atoms with van der Waals surface area (Å²) in [5.41, 5.74) is 1.83. The van der Waals surface area contributed by atoms with Gasteiger partial charge in [-0.3, -0.25) is 9.48 Å². The second-order valence-corrected chi connectivity index (χ2v) is 7.01. The fourth-order valence-electron chi connectivity index (χ4n) is 3.02. The van der Waals surface area contributed by atoms with Crippen molar-refractivity contribution in [1.29, 1.82) is 0 Å². The molecule has 1 aromatic heterocycles. The Morgan fingerprint density at radius 2 is 2.14 bits per heavy atom. The molecule has 2 atom stereocenters. The van der Waals surface area contributed by atoms with E-state index in [4.69, 9.17) is 0 Å². The fourth-order valence-corrected chi connectivity index (χ4v) is 3.02. The molecule has 2 saturated carbocycles. The number of carbonyl (C=O) groups is 1. The van der Waals surface area contributed by atoms with Crippen LogP contribution in [0.3, 0.4) is 0 Å². The van der Waals surface area contributed by atoms with Gasteiger partial charge in [-0.1, -0.05) is 6.92 Å². The number of carbonyl (C=O) groups excluding carboxylic acids is 1. The Kier molecular flexibility index (Phi) is 4.26. The van der Waals surface area contributed by atoms with Gasteiger partial charge < -0.3 is 10.0 Å². The molecule has 0 aliphatic heterocycles. The predicted molar refractivity (Wildman–Crippen MR) is 84.9 cm³/mol. The number of likely N-dealkylation sites (N-methyl/N-ethyl adjacent to an activating group) is 1. The van der Waals surface area contributed by atoms with Gasteiger partial charge in [-0.15, -0.1) is 0 Å². The summed E-state index contributed by atoms with van der Waals surface area (Å²) in [6.07, 6.45) is 6.81. The van der Waals surface area contributed by atoms with Gasteiger partial charge in [0.1, 0.15) is 0 Å². The number of amides is 1. The number of hydrogen-bond acceptors (Lipinski definition) is 3. The molecule has 5 nitrogen and oxygen atoms in total. The number of hydrogen-bond donors (Lipinski definition) is 1. The average Bonchev–Trinajstić information content (AvgIpc) is 3.42. The van der Waals surface area contributed by atoms with E-state index in [1.165, 1.54) is 0 Å². The molecule has 2 aliphatic rings. The number of rotatable bonds is 7. The molecule has 3 rings (SSSR count). The Morgan fingerprint density at radius 3 is 2.68 bits per heavy atom. The first kappa shape index (κ1) is 15.5. The summed E-state index contributed by atoms with van der Waals surface area (Å²) in [6, 6.07) is 0.319. The van der Waals surface area contributed by atoms with Crippen LogP contribution in [0, 0.1) is 5.92 Å². The molecule has 2 unspecified atom stereocenters. The molecule has 2 fully saturated rings. The van der Waals surface area contributed by atoms with Crippen molar-refractivity contribution >= 4 is 5.91 Å². The number of aliphatic hydroxyl groups is 1. The van der Waals surface area contributed by atoms with Crippen molar-refractivity contribution in [3.63, 3.8) is 0 Å². The second-order valence-electron chi connectivity index (χ2n) is 7.01. The number of aromatic nitrogens is 2. The van der Waals surface area contributed by atoms with Crippen molar-refractivity contribution in [2.75, 3.05) is 13.6 Å². The van der Waals surface area contributed by atoms with Crippen molar-refractivity contribution in [3.8, 4) is 0 Å². The molecule has 1 aromatic rings. The molecule has 2 aliphatic carbocycles. The Bertz CT molecular complexity index is 546. The predicted octanol–water partition coefficient (Wildman–Crippen LogP) is 2.57. The number of nitrogens with zero attached hydrogens (tertiary/aromatic N) is 3. The average molecular weight is 305 g/mol. The van der Waals surface area contributed by atoms with Gasteiger partial charge in [0.25, 0.3) is 5.91 Å². The molecule has 122 valence electrons. The number of aliphatic hydroxyl groups excluding tert-OH is 1. The normalized spacial score (nSPS) is 20.7. The van der Waals surface area contributed by atoms with Gasteiger partial charge >= 0.3 is 0 Å². The lowest BCUT2D eigenvalue weighted by Crippen LogP contribution is -2.35. The van der Waals surface area contributed by atoms with Crippen LogP contribution in [0.1, 0.15) is 74.0 Å². The summed E-state index contributed by atoms with van der Waals surface area (Å²) < 4.78 is 2.04. The molecule has 1 amide bonds. The highest BCUT2D eigenvalue weighted by Gasteiger charge is 2.35. The first-order chi connectivity index (χ1) is 10.5. The third kappa shape index (κ3) is 3.05. The zero-order valence-electron chi connectivity index (χ0n) is 13.8. The van der Waals surface area contributed by atoms with E-state index in [1.807, 2.05) is 4.68 Å². The highest BCUT2D eigenvalue weighted by Crippen LogP contribution is 2.43. The van der Waals surface area contributed by atoms with Crippen molar-refractivity contribution in [2.45, 2.75) is 64.0 Å². The van der Waals surface area contributed by atoms with Crippen LogP contribution in [0.5, 0.6) is 0 Å². The summed E-state index contributed by atoms with van der Waals surface area (Å²) >= 11 is 0. The summed E-state index contributed by atoms with van der Waals surface area (Å²) in [5.74, 6) is 0.870. The maximum Gasteiger partial charge on any atom is 0.257 e. The van der Waals surface area contributed by atoms with E-state index in [1.54, 1.807) is 18.1 Å². The molecule has 22 heavy (non-hydrogen) atoms. The van der Waals surface area contributed by atoms with Crippen LogP contribution >= 0.6 is 0 Å². The lowest BCUT2D eigenvalue weighted by Gasteiger charge is -2.21. The van der Waals surface area contributed by atoms with Crippen LogP contribution in [-0.2, 0) is 0 Å².